The Morgan fingerprint density at radius 2 is 1.47 bits per heavy atom. The number of fused-ring (bicyclic) bond motifs is 1. The fourth-order valence-electron chi connectivity index (χ4n) is 2.04. The minimum atomic E-state index is -0.246. The molecule has 2 nitrogen and oxygen atoms in total. The first-order valence-corrected chi connectivity index (χ1v) is 7.07. The van der Waals surface area contributed by atoms with Crippen LogP contribution < -0.4 is 5.46 Å². The predicted octanol–water partition coefficient (Wildman–Crippen LogP) is 3.39. The van der Waals surface area contributed by atoms with E-state index in [1.807, 2.05) is 0 Å². The Kier molecular flexibility index (Phi) is 5.43. The second kappa shape index (κ2) is 7.32. The first kappa shape index (κ1) is 14.1. The molecule has 0 atom stereocenters. The summed E-state index contributed by atoms with van der Waals surface area (Å²) in [6.07, 6.45) is 2.00. The van der Waals surface area contributed by atoms with Crippen molar-refractivity contribution in [2.24, 2.45) is 0 Å². The maximum atomic E-state index is 5.81. The Bertz CT molecular complexity index is 505. The Balaban J connectivity index is 2.21. The van der Waals surface area contributed by atoms with E-state index in [1.54, 1.807) is 0 Å². The van der Waals surface area contributed by atoms with Crippen LogP contribution in [0.25, 0.3) is 10.8 Å². The van der Waals surface area contributed by atoms with Gasteiger partial charge >= 0.3 is 7.12 Å². The molecule has 0 bridgehead atoms. The molecule has 0 radical (unpaired) electrons. The van der Waals surface area contributed by atoms with Crippen molar-refractivity contribution >= 4 is 23.4 Å². The van der Waals surface area contributed by atoms with E-state index in [0.717, 1.165) is 31.5 Å². The van der Waals surface area contributed by atoms with Crippen molar-refractivity contribution in [1.29, 1.82) is 0 Å². The molecule has 0 spiro atoms. The lowest BCUT2D eigenvalue weighted by Crippen LogP contribution is -2.37. The van der Waals surface area contributed by atoms with Crippen molar-refractivity contribution in [3.8, 4) is 0 Å². The van der Waals surface area contributed by atoms with Crippen LogP contribution in [0.1, 0.15) is 26.7 Å². The molecular weight excluding hydrogens is 235 g/mol. The molecule has 0 saturated carbocycles. The van der Waals surface area contributed by atoms with E-state index >= 15 is 0 Å². The van der Waals surface area contributed by atoms with Crippen molar-refractivity contribution in [3.63, 3.8) is 0 Å². The normalized spacial score (nSPS) is 10.8. The smallest absolute Gasteiger partial charge is 0.407 e. The summed E-state index contributed by atoms with van der Waals surface area (Å²) in [4.78, 5) is 0. The van der Waals surface area contributed by atoms with Crippen molar-refractivity contribution in [3.05, 3.63) is 42.5 Å². The highest BCUT2D eigenvalue weighted by Gasteiger charge is 2.20. The fourth-order valence-corrected chi connectivity index (χ4v) is 2.04. The van der Waals surface area contributed by atoms with Gasteiger partial charge in [0.25, 0.3) is 0 Å². The summed E-state index contributed by atoms with van der Waals surface area (Å²) in [5, 5.41) is 2.47. The van der Waals surface area contributed by atoms with Crippen LogP contribution in [0.15, 0.2) is 42.5 Å². The third-order valence-electron chi connectivity index (χ3n) is 2.99. The van der Waals surface area contributed by atoms with Crippen molar-refractivity contribution in [2.45, 2.75) is 26.7 Å². The quantitative estimate of drug-likeness (QED) is 0.707. The van der Waals surface area contributed by atoms with Crippen molar-refractivity contribution in [1.82, 2.24) is 0 Å². The zero-order valence-electron chi connectivity index (χ0n) is 11.8. The molecule has 3 heteroatoms. The zero-order chi connectivity index (χ0) is 13.5. The third-order valence-corrected chi connectivity index (χ3v) is 2.99. The highest BCUT2D eigenvalue weighted by Crippen LogP contribution is 2.12. The van der Waals surface area contributed by atoms with E-state index in [1.165, 1.54) is 10.8 Å². The second-order valence-electron chi connectivity index (χ2n) is 4.68. The van der Waals surface area contributed by atoms with Gasteiger partial charge in [0.1, 0.15) is 0 Å². The summed E-state index contributed by atoms with van der Waals surface area (Å²) in [5.41, 5.74) is 1.10. The van der Waals surface area contributed by atoms with Gasteiger partial charge in [0.15, 0.2) is 0 Å². The summed E-state index contributed by atoms with van der Waals surface area (Å²) >= 11 is 0. The van der Waals surface area contributed by atoms with Gasteiger partial charge in [-0.3, -0.25) is 0 Å². The van der Waals surface area contributed by atoms with Crippen LogP contribution >= 0.6 is 0 Å². The van der Waals surface area contributed by atoms with Crippen LogP contribution in [0, 0.1) is 0 Å². The maximum Gasteiger partial charge on any atom is 0.493 e. The molecule has 19 heavy (non-hydrogen) atoms. The summed E-state index contributed by atoms with van der Waals surface area (Å²) < 4.78 is 11.6. The molecule has 2 aromatic carbocycles. The molecule has 0 amide bonds. The highest BCUT2D eigenvalue weighted by atomic mass is 16.6. The summed E-state index contributed by atoms with van der Waals surface area (Å²) in [6, 6.07) is 14.7. The second-order valence-corrected chi connectivity index (χ2v) is 4.68. The van der Waals surface area contributed by atoms with E-state index in [4.69, 9.17) is 9.31 Å². The molecule has 0 N–H and O–H groups in total. The number of benzene rings is 2. The Labute approximate surface area is 115 Å². The molecule has 0 aliphatic carbocycles. The summed E-state index contributed by atoms with van der Waals surface area (Å²) in [5.74, 6) is 0. The lowest BCUT2D eigenvalue weighted by atomic mass is 9.78. The van der Waals surface area contributed by atoms with Crippen LogP contribution in [0.3, 0.4) is 0 Å². The van der Waals surface area contributed by atoms with Crippen molar-refractivity contribution < 1.29 is 9.31 Å². The molecule has 0 unspecified atom stereocenters. The molecule has 100 valence electrons. The monoisotopic (exact) mass is 256 g/mol. The van der Waals surface area contributed by atoms with Gasteiger partial charge in [0.05, 0.1) is 0 Å². The molecule has 0 aromatic heterocycles. The Hall–Kier alpha value is -1.32. The van der Waals surface area contributed by atoms with Gasteiger partial charge in [0.2, 0.25) is 0 Å². The lowest BCUT2D eigenvalue weighted by molar-refractivity contribution is 0.207. The van der Waals surface area contributed by atoms with Gasteiger partial charge < -0.3 is 9.31 Å². The molecule has 0 saturated heterocycles. The maximum absolute atomic E-state index is 5.81. The van der Waals surface area contributed by atoms with E-state index < -0.39 is 0 Å². The van der Waals surface area contributed by atoms with Crippen LogP contribution in [0.5, 0.6) is 0 Å². The van der Waals surface area contributed by atoms with Crippen molar-refractivity contribution in [2.75, 3.05) is 13.2 Å². The SMILES string of the molecule is CCCOB(OCCC)c1ccc2ccccc2c1. The highest BCUT2D eigenvalue weighted by molar-refractivity contribution is 6.61. The Morgan fingerprint density at radius 3 is 2.11 bits per heavy atom. The van der Waals surface area contributed by atoms with E-state index in [-0.39, 0.29) is 7.12 Å². The van der Waals surface area contributed by atoms with Gasteiger partial charge in [-0.15, -0.1) is 0 Å². The zero-order valence-corrected chi connectivity index (χ0v) is 11.8. The lowest BCUT2D eigenvalue weighted by Gasteiger charge is -2.14. The molecule has 0 aliphatic heterocycles. The topological polar surface area (TPSA) is 18.5 Å². The molecule has 0 fully saturated rings. The first-order valence-electron chi connectivity index (χ1n) is 7.07. The van der Waals surface area contributed by atoms with Gasteiger partial charge in [-0.05, 0) is 29.1 Å². The fraction of sp³-hybridized carbons (Fsp3) is 0.375. The van der Waals surface area contributed by atoms with E-state index in [9.17, 15) is 0 Å². The van der Waals surface area contributed by atoms with Crippen LogP contribution in [-0.2, 0) is 9.31 Å². The minimum Gasteiger partial charge on any atom is -0.407 e. The molecule has 2 aromatic rings. The average molecular weight is 256 g/mol. The van der Waals surface area contributed by atoms with Gasteiger partial charge in [-0.1, -0.05) is 56.3 Å². The molecule has 0 aliphatic rings. The summed E-state index contributed by atoms with van der Waals surface area (Å²) in [6.45, 7) is 5.66. The van der Waals surface area contributed by atoms with Crippen LogP contribution in [0.2, 0.25) is 0 Å². The minimum absolute atomic E-state index is 0.246. The Morgan fingerprint density at radius 1 is 0.842 bits per heavy atom. The molecular formula is C16H21BO2. The largest absolute Gasteiger partial charge is 0.493 e. The first-order chi connectivity index (χ1) is 9.35. The van der Waals surface area contributed by atoms with E-state index in [0.29, 0.717) is 0 Å². The molecule has 2 rings (SSSR count). The number of hydrogen-bond acceptors (Lipinski definition) is 2. The van der Waals surface area contributed by atoms with Crippen LogP contribution in [0.4, 0.5) is 0 Å². The standard InChI is InChI=1S/C16H21BO2/c1-3-11-18-17(19-12-4-2)16-10-9-14-7-5-6-8-15(14)13-16/h5-10,13H,3-4,11-12H2,1-2H3. The predicted molar refractivity (Wildman–Crippen MR) is 81.8 cm³/mol. The van der Waals surface area contributed by atoms with Crippen LogP contribution in [-0.4, -0.2) is 20.3 Å². The van der Waals surface area contributed by atoms with Gasteiger partial charge in [-0.25, -0.2) is 0 Å². The third kappa shape index (κ3) is 3.82. The number of hydrogen-bond donors (Lipinski definition) is 0. The number of rotatable bonds is 7. The van der Waals surface area contributed by atoms with E-state index in [2.05, 4.69) is 56.3 Å². The van der Waals surface area contributed by atoms with Gasteiger partial charge in [0, 0.05) is 13.2 Å². The van der Waals surface area contributed by atoms with Gasteiger partial charge in [-0.2, -0.15) is 0 Å². The summed E-state index contributed by atoms with van der Waals surface area (Å²) in [7, 11) is -0.246. The average Bonchev–Trinajstić information content (AvgIpc) is 2.47. The molecule has 0 heterocycles.